The minimum atomic E-state index is -1.42. The minimum absolute atomic E-state index is 0.0106. The maximum atomic E-state index is 15.2. The van der Waals surface area contributed by atoms with E-state index in [9.17, 15) is 19.2 Å². The van der Waals surface area contributed by atoms with Crippen molar-refractivity contribution < 1.29 is 47.8 Å². The summed E-state index contributed by atoms with van der Waals surface area (Å²) in [7, 11) is 6.60. The number of hydrogen-bond acceptors (Lipinski definition) is 16. The molecule has 4 aromatic rings. The number of benzene rings is 4. The average molecular weight is 1080 g/mol. The summed E-state index contributed by atoms with van der Waals surface area (Å²) in [5.41, 5.74) is 5.87. The second-order valence-electron chi connectivity index (χ2n) is 17.6. The third-order valence-electron chi connectivity index (χ3n) is 12.7. The molecule has 0 saturated carbocycles. The van der Waals surface area contributed by atoms with Crippen LogP contribution in [-0.4, -0.2) is 131 Å². The number of nitrogens with one attached hydrogen (secondary N) is 4. The highest BCUT2D eigenvalue weighted by Gasteiger charge is 2.48. The summed E-state index contributed by atoms with van der Waals surface area (Å²) < 4.78 is 12.2. The molecule has 4 aromatic carbocycles. The first-order valence-electron chi connectivity index (χ1n) is 24.5. The summed E-state index contributed by atoms with van der Waals surface area (Å²) in [5, 5.41) is 14.1. The molecule has 22 heteroatoms. The topological polar surface area (TPSA) is 234 Å². The van der Waals surface area contributed by atoms with Crippen molar-refractivity contribution in [3.05, 3.63) is 106 Å². The Labute approximate surface area is 443 Å². The van der Waals surface area contributed by atoms with Gasteiger partial charge in [0.05, 0.1) is 59.7 Å². The molecule has 0 aliphatic carbocycles. The highest BCUT2D eigenvalue weighted by atomic mass is 33.1. The van der Waals surface area contributed by atoms with Gasteiger partial charge >= 0.3 is 0 Å². The van der Waals surface area contributed by atoms with Gasteiger partial charge in [0, 0.05) is 46.9 Å². The quantitative estimate of drug-likeness (QED) is 0.0194. The summed E-state index contributed by atoms with van der Waals surface area (Å²) in [6.07, 6.45) is 4.33. The van der Waals surface area contributed by atoms with E-state index in [0.29, 0.717) is 49.9 Å². The zero-order chi connectivity index (χ0) is 52.1. The molecular formula is C52H56N8O10S4. The van der Waals surface area contributed by atoms with E-state index in [-0.39, 0.29) is 94.2 Å². The average Bonchev–Trinajstić information content (AvgIpc) is 4.17. The first kappa shape index (κ1) is 53.9. The van der Waals surface area contributed by atoms with Gasteiger partial charge in [-0.1, -0.05) is 104 Å². The number of hydrogen-bond donors (Lipinski definition) is 4. The molecule has 4 aliphatic heterocycles. The van der Waals surface area contributed by atoms with E-state index < -0.39 is 47.5 Å². The first-order valence-corrected chi connectivity index (χ1v) is 29.5. The second-order valence-corrected chi connectivity index (χ2v) is 22.7. The van der Waals surface area contributed by atoms with Crippen molar-refractivity contribution in [2.75, 3.05) is 49.3 Å². The summed E-state index contributed by atoms with van der Waals surface area (Å²) in [6.45, 7) is 4.00. The fourth-order valence-electron chi connectivity index (χ4n) is 9.02. The molecule has 0 unspecified atom stereocenters. The van der Waals surface area contributed by atoms with Crippen LogP contribution in [0.5, 0.6) is 11.5 Å². The maximum Gasteiger partial charge on any atom is 0.265 e. The molecule has 0 radical (unpaired) electrons. The molecule has 2 saturated heterocycles. The summed E-state index contributed by atoms with van der Waals surface area (Å²) in [6, 6.07) is 17.9. The smallest absolute Gasteiger partial charge is 0.265 e. The molecule has 4 N–H and O–H groups in total. The van der Waals surface area contributed by atoms with E-state index in [1.807, 2.05) is 12.1 Å². The molecule has 18 nitrogen and oxygen atoms in total. The molecule has 0 spiro atoms. The molecular weight excluding hydrogens is 1020 g/mol. The van der Waals surface area contributed by atoms with E-state index in [1.54, 1.807) is 106 Å². The van der Waals surface area contributed by atoms with Gasteiger partial charge in [-0.2, -0.15) is 10.2 Å². The standard InChI is InChI=1S/C52H56N8O10S4/c1-3-69-39-23-35-42-41-36(50(66)59(51(67)43(39)41)37(47(63)57-55-25-31-15-7-5-8-16-31)19-11-13-21-53-45(61)33-27-71-72-28-33)24-40(70-4-2)44(42)52(68)60(49(35)65)38(48(64)58-56-26-32-17-9-6-10-18-32)20-12-14-22-54-46(62)34-29-73-74-30-34/h5-10,15-18,23-26,33-34,37-38H,3-4,11-14,19-22,27-30H2,1-2H3,(H,53,61)(H,54,62)(H,57,63)(H,58,64)/b55-25+,56-26+/t37-,38-/m0/s1. The molecule has 74 heavy (non-hydrogen) atoms. The van der Waals surface area contributed by atoms with Crippen molar-refractivity contribution in [3.63, 3.8) is 0 Å². The van der Waals surface area contributed by atoms with Crippen molar-refractivity contribution >= 4 is 114 Å². The van der Waals surface area contributed by atoms with Crippen LogP contribution in [-0.2, 0) is 19.2 Å². The molecule has 2 atom stereocenters. The van der Waals surface area contributed by atoms with Gasteiger partial charge in [0.25, 0.3) is 35.4 Å². The van der Waals surface area contributed by atoms with Crippen LogP contribution in [0.3, 0.4) is 0 Å². The number of unbranched alkanes of at least 4 members (excludes halogenated alkanes) is 2. The van der Waals surface area contributed by atoms with E-state index >= 15 is 19.2 Å². The lowest BCUT2D eigenvalue weighted by Crippen LogP contribution is -2.54. The van der Waals surface area contributed by atoms with Crippen LogP contribution in [0.25, 0.3) is 10.8 Å². The first-order chi connectivity index (χ1) is 36.0. The van der Waals surface area contributed by atoms with E-state index in [4.69, 9.17) is 9.47 Å². The highest BCUT2D eigenvalue weighted by Crippen LogP contribution is 2.47. The van der Waals surface area contributed by atoms with Crippen molar-refractivity contribution in [2.45, 2.75) is 64.5 Å². The zero-order valence-electron chi connectivity index (χ0n) is 40.8. The predicted molar refractivity (Wildman–Crippen MR) is 290 cm³/mol. The van der Waals surface area contributed by atoms with Gasteiger partial charge in [-0.25, -0.2) is 10.9 Å². The van der Waals surface area contributed by atoms with Crippen LogP contribution in [0.2, 0.25) is 0 Å². The Morgan fingerprint density at radius 1 is 0.581 bits per heavy atom. The lowest BCUT2D eigenvalue weighted by atomic mass is 9.83. The summed E-state index contributed by atoms with van der Waals surface area (Å²) in [4.78, 5) is 116. The van der Waals surface area contributed by atoms with Crippen molar-refractivity contribution in [1.82, 2.24) is 31.3 Å². The number of nitrogens with zero attached hydrogens (tertiary/aromatic N) is 4. The molecule has 2 fully saturated rings. The van der Waals surface area contributed by atoms with E-state index in [1.165, 1.54) is 24.6 Å². The highest BCUT2D eigenvalue weighted by molar-refractivity contribution is 8.77. The fraction of sp³-hybridized carbons (Fsp3) is 0.385. The number of amides is 8. The lowest BCUT2D eigenvalue weighted by Gasteiger charge is -2.37. The van der Waals surface area contributed by atoms with Crippen LogP contribution >= 0.6 is 43.2 Å². The van der Waals surface area contributed by atoms with Crippen molar-refractivity contribution in [1.29, 1.82) is 0 Å². The van der Waals surface area contributed by atoms with Gasteiger partial charge in [0.1, 0.15) is 23.6 Å². The Morgan fingerprint density at radius 2 is 0.959 bits per heavy atom. The van der Waals surface area contributed by atoms with Crippen LogP contribution in [0.1, 0.15) is 105 Å². The molecule has 0 bridgehead atoms. The maximum absolute atomic E-state index is 15.2. The molecule has 8 rings (SSSR count). The Bertz CT molecular complexity index is 2650. The minimum Gasteiger partial charge on any atom is -0.493 e. The molecule has 388 valence electrons. The normalized spacial score (nSPS) is 16.6. The van der Waals surface area contributed by atoms with E-state index in [0.717, 1.165) is 32.8 Å². The number of rotatable bonds is 24. The van der Waals surface area contributed by atoms with Crippen LogP contribution in [0.4, 0.5) is 0 Å². The molecule has 4 heterocycles. The third-order valence-corrected chi connectivity index (χ3v) is 17.8. The van der Waals surface area contributed by atoms with Crippen molar-refractivity contribution in [2.24, 2.45) is 22.0 Å². The largest absolute Gasteiger partial charge is 0.493 e. The monoisotopic (exact) mass is 1080 g/mol. The predicted octanol–water partition coefficient (Wildman–Crippen LogP) is 6.46. The Morgan fingerprint density at radius 3 is 1.32 bits per heavy atom. The van der Waals surface area contributed by atoms with Crippen LogP contribution < -0.4 is 31.0 Å². The number of hydrazone groups is 2. The van der Waals surface area contributed by atoms with Crippen LogP contribution in [0.15, 0.2) is 83.0 Å². The number of imide groups is 2. The van der Waals surface area contributed by atoms with Gasteiger partial charge in [0.2, 0.25) is 11.8 Å². The number of carbonyl (C=O) groups excluding carboxylic acids is 8. The lowest BCUT2D eigenvalue weighted by molar-refractivity contribution is -0.126. The molecule has 4 aliphatic rings. The SMILES string of the molecule is CCOc1cc2c3c(c(OCC)cc4c3c1C(=O)N([C@@H](CCCCNC(=O)C1CSSC1)C(=O)N/N=C/c1ccccc1)C4=O)C(=O)N([C@@H](CCCCNC(=O)C1CSSC1)C(=O)N/N=C/c1ccccc1)C2=O. The fourth-order valence-corrected chi connectivity index (χ4v) is 14.6. The Balaban J connectivity index is 1.13. The van der Waals surface area contributed by atoms with Crippen molar-refractivity contribution in [3.8, 4) is 11.5 Å². The Hall–Kier alpha value is -6.36. The number of ether oxygens (including phenoxy) is 2. The van der Waals surface area contributed by atoms with E-state index in [2.05, 4.69) is 31.7 Å². The molecule has 8 amide bonds. The third kappa shape index (κ3) is 12.2. The van der Waals surface area contributed by atoms with Gasteiger partial charge in [-0.15, -0.1) is 0 Å². The zero-order valence-corrected chi connectivity index (χ0v) is 44.1. The van der Waals surface area contributed by atoms with Gasteiger partial charge in [-0.3, -0.25) is 48.2 Å². The summed E-state index contributed by atoms with van der Waals surface area (Å²) >= 11 is 0. The Kier molecular flexibility index (Phi) is 18.7. The van der Waals surface area contributed by atoms with Gasteiger partial charge in [0.15, 0.2) is 0 Å². The number of carbonyl (C=O) groups is 8. The van der Waals surface area contributed by atoms with Gasteiger partial charge < -0.3 is 20.1 Å². The molecule has 0 aromatic heterocycles. The summed E-state index contributed by atoms with van der Waals surface area (Å²) in [5.74, 6) is -2.71. The second kappa shape index (κ2) is 25.7. The van der Waals surface area contributed by atoms with Crippen LogP contribution in [0, 0.1) is 11.8 Å². The van der Waals surface area contributed by atoms with Gasteiger partial charge in [-0.05, 0) is 75.6 Å².